The van der Waals surface area contributed by atoms with E-state index in [1.807, 2.05) is 19.0 Å². The van der Waals surface area contributed by atoms with Gasteiger partial charge in [0.05, 0.1) is 0 Å². The minimum atomic E-state index is 0.0839. The van der Waals surface area contributed by atoms with Crippen LogP contribution in [0.4, 0.5) is 4.79 Å². The van der Waals surface area contributed by atoms with Crippen molar-refractivity contribution < 1.29 is 4.79 Å². The lowest BCUT2D eigenvalue weighted by Gasteiger charge is -2.31. The molecule has 1 N–H and O–H groups in total. The van der Waals surface area contributed by atoms with E-state index >= 15 is 0 Å². The summed E-state index contributed by atoms with van der Waals surface area (Å²) in [5.74, 6) is 1.29. The highest BCUT2D eigenvalue weighted by Gasteiger charge is 2.17. The molecular weight excluding hydrogens is 276 g/mol. The van der Waals surface area contributed by atoms with Crippen molar-refractivity contribution >= 4 is 6.03 Å². The maximum Gasteiger partial charge on any atom is 0.317 e. The highest BCUT2D eigenvalue weighted by Crippen LogP contribution is 2.14. The van der Waals surface area contributed by atoms with Gasteiger partial charge in [-0.2, -0.15) is 0 Å². The molecule has 130 valence electrons. The average molecular weight is 313 g/mol. The number of hydrogen-bond donors (Lipinski definition) is 1. The van der Waals surface area contributed by atoms with Crippen LogP contribution in [0.1, 0.15) is 33.6 Å². The van der Waals surface area contributed by atoms with E-state index in [2.05, 4.69) is 35.9 Å². The summed E-state index contributed by atoms with van der Waals surface area (Å²) in [6, 6.07) is 0.0839. The SMILES string of the molecule is CC(C)CN(CCN(C)C)C(=O)NCCN1CCCC(C)C1. The fraction of sp³-hybridized carbons (Fsp3) is 0.941. The lowest BCUT2D eigenvalue weighted by Crippen LogP contribution is -2.47. The molecule has 2 amide bonds. The van der Waals surface area contributed by atoms with Gasteiger partial charge in [-0.3, -0.25) is 0 Å². The van der Waals surface area contributed by atoms with Gasteiger partial charge in [-0.25, -0.2) is 4.79 Å². The second-order valence-electron chi connectivity index (χ2n) is 7.42. The Balaban J connectivity index is 2.31. The fourth-order valence-electron chi connectivity index (χ4n) is 2.96. The first-order chi connectivity index (χ1) is 10.4. The zero-order valence-electron chi connectivity index (χ0n) is 15.3. The summed E-state index contributed by atoms with van der Waals surface area (Å²) in [4.78, 5) is 18.9. The van der Waals surface area contributed by atoms with Gasteiger partial charge in [0.1, 0.15) is 0 Å². The molecule has 1 rings (SSSR count). The monoisotopic (exact) mass is 312 g/mol. The number of amides is 2. The summed E-state index contributed by atoms with van der Waals surface area (Å²) < 4.78 is 0. The lowest BCUT2D eigenvalue weighted by molar-refractivity contribution is 0.171. The van der Waals surface area contributed by atoms with Gasteiger partial charge in [-0.05, 0) is 45.3 Å². The molecule has 5 nitrogen and oxygen atoms in total. The van der Waals surface area contributed by atoms with Crippen LogP contribution in [0, 0.1) is 11.8 Å². The summed E-state index contributed by atoms with van der Waals surface area (Å²) in [5.41, 5.74) is 0. The Morgan fingerprint density at radius 3 is 2.64 bits per heavy atom. The van der Waals surface area contributed by atoms with Crippen LogP contribution in [0.5, 0.6) is 0 Å². The number of nitrogens with one attached hydrogen (secondary N) is 1. The van der Waals surface area contributed by atoms with E-state index in [0.717, 1.165) is 38.6 Å². The number of rotatable bonds is 8. The Morgan fingerprint density at radius 1 is 1.32 bits per heavy atom. The second kappa shape index (κ2) is 10.1. The van der Waals surface area contributed by atoms with E-state index < -0.39 is 0 Å². The number of carbonyl (C=O) groups is 1. The van der Waals surface area contributed by atoms with Gasteiger partial charge in [0.15, 0.2) is 0 Å². The highest BCUT2D eigenvalue weighted by atomic mass is 16.2. The predicted octanol–water partition coefficient (Wildman–Crippen LogP) is 1.95. The number of likely N-dealkylation sites (tertiary alicyclic amines) is 1. The molecule has 0 spiro atoms. The fourth-order valence-corrected chi connectivity index (χ4v) is 2.96. The summed E-state index contributed by atoms with van der Waals surface area (Å²) in [6.45, 7) is 13.2. The molecule has 0 saturated carbocycles. The van der Waals surface area contributed by atoms with E-state index in [4.69, 9.17) is 0 Å². The Bertz CT molecular complexity index is 320. The highest BCUT2D eigenvalue weighted by molar-refractivity contribution is 5.74. The maximum absolute atomic E-state index is 12.4. The molecule has 0 radical (unpaired) electrons. The Morgan fingerprint density at radius 2 is 2.05 bits per heavy atom. The predicted molar refractivity (Wildman–Crippen MR) is 93.2 cm³/mol. The maximum atomic E-state index is 12.4. The third-order valence-electron chi connectivity index (χ3n) is 4.14. The van der Waals surface area contributed by atoms with E-state index in [9.17, 15) is 4.79 Å². The molecule has 1 aliphatic rings. The van der Waals surface area contributed by atoms with Crippen molar-refractivity contribution in [2.75, 3.05) is 59.9 Å². The molecular formula is C17H36N4O. The zero-order chi connectivity index (χ0) is 16.5. The van der Waals surface area contributed by atoms with Gasteiger partial charge >= 0.3 is 6.03 Å². The normalized spacial score (nSPS) is 19.7. The number of nitrogens with zero attached hydrogens (tertiary/aromatic N) is 3. The van der Waals surface area contributed by atoms with Crippen molar-refractivity contribution in [1.29, 1.82) is 0 Å². The van der Waals surface area contributed by atoms with Gasteiger partial charge in [-0.1, -0.05) is 20.8 Å². The molecule has 0 bridgehead atoms. The number of likely N-dealkylation sites (N-methyl/N-ethyl adjacent to an activating group) is 1. The summed E-state index contributed by atoms with van der Waals surface area (Å²) >= 11 is 0. The second-order valence-corrected chi connectivity index (χ2v) is 7.42. The quantitative estimate of drug-likeness (QED) is 0.744. The Hall–Kier alpha value is -0.810. The molecule has 0 aliphatic carbocycles. The Labute approximate surface area is 137 Å². The van der Waals surface area contributed by atoms with E-state index in [1.165, 1.54) is 25.9 Å². The van der Waals surface area contributed by atoms with Crippen LogP contribution >= 0.6 is 0 Å². The zero-order valence-corrected chi connectivity index (χ0v) is 15.3. The molecule has 5 heteroatoms. The molecule has 1 aliphatic heterocycles. The first kappa shape index (κ1) is 19.2. The van der Waals surface area contributed by atoms with Crippen LogP contribution in [0.3, 0.4) is 0 Å². The largest absolute Gasteiger partial charge is 0.337 e. The topological polar surface area (TPSA) is 38.8 Å². The molecule has 1 saturated heterocycles. The first-order valence-corrected chi connectivity index (χ1v) is 8.78. The van der Waals surface area contributed by atoms with E-state index in [0.29, 0.717) is 5.92 Å². The van der Waals surface area contributed by atoms with Gasteiger partial charge in [0.25, 0.3) is 0 Å². The summed E-state index contributed by atoms with van der Waals surface area (Å²) in [7, 11) is 4.09. The van der Waals surface area contributed by atoms with Crippen LogP contribution in [-0.4, -0.2) is 80.6 Å². The molecule has 1 heterocycles. The molecule has 1 atom stereocenters. The standard InChI is InChI=1S/C17H36N4O/c1-15(2)13-21(12-11-19(4)5)17(22)18-8-10-20-9-6-7-16(3)14-20/h15-16H,6-14H2,1-5H3,(H,18,22). The van der Waals surface area contributed by atoms with Gasteiger partial charge < -0.3 is 20.0 Å². The smallest absolute Gasteiger partial charge is 0.317 e. The van der Waals surface area contributed by atoms with Crippen molar-refractivity contribution in [2.24, 2.45) is 11.8 Å². The minimum Gasteiger partial charge on any atom is -0.337 e. The van der Waals surface area contributed by atoms with Crippen LogP contribution < -0.4 is 5.32 Å². The van der Waals surface area contributed by atoms with Crippen molar-refractivity contribution in [3.63, 3.8) is 0 Å². The molecule has 0 aromatic rings. The summed E-state index contributed by atoms with van der Waals surface area (Å²) in [5, 5.41) is 3.10. The van der Waals surface area contributed by atoms with Crippen LogP contribution in [0.25, 0.3) is 0 Å². The van der Waals surface area contributed by atoms with E-state index in [1.54, 1.807) is 0 Å². The van der Waals surface area contributed by atoms with Crippen molar-refractivity contribution in [3.8, 4) is 0 Å². The molecule has 0 aromatic carbocycles. The first-order valence-electron chi connectivity index (χ1n) is 8.78. The molecule has 1 fully saturated rings. The third kappa shape index (κ3) is 7.99. The number of carbonyl (C=O) groups excluding carboxylic acids is 1. The van der Waals surface area contributed by atoms with Gasteiger partial charge in [0, 0.05) is 39.3 Å². The number of urea groups is 1. The van der Waals surface area contributed by atoms with Crippen molar-refractivity contribution in [2.45, 2.75) is 33.6 Å². The average Bonchev–Trinajstić information content (AvgIpc) is 2.42. The third-order valence-corrected chi connectivity index (χ3v) is 4.14. The molecule has 22 heavy (non-hydrogen) atoms. The van der Waals surface area contributed by atoms with Crippen LogP contribution in [0.2, 0.25) is 0 Å². The van der Waals surface area contributed by atoms with Gasteiger partial charge in [-0.15, -0.1) is 0 Å². The minimum absolute atomic E-state index is 0.0839. The van der Waals surface area contributed by atoms with Crippen molar-refractivity contribution in [3.05, 3.63) is 0 Å². The lowest BCUT2D eigenvalue weighted by atomic mass is 10.0. The number of piperidine rings is 1. The summed E-state index contributed by atoms with van der Waals surface area (Å²) in [6.07, 6.45) is 2.63. The van der Waals surface area contributed by atoms with Crippen molar-refractivity contribution in [1.82, 2.24) is 20.0 Å². The Kier molecular flexibility index (Phi) is 8.79. The van der Waals surface area contributed by atoms with E-state index in [-0.39, 0.29) is 6.03 Å². The van der Waals surface area contributed by atoms with Crippen LogP contribution in [-0.2, 0) is 0 Å². The molecule has 1 unspecified atom stereocenters. The van der Waals surface area contributed by atoms with Crippen LogP contribution in [0.15, 0.2) is 0 Å². The molecule has 0 aromatic heterocycles. The van der Waals surface area contributed by atoms with Gasteiger partial charge in [0.2, 0.25) is 0 Å². The number of hydrogen-bond acceptors (Lipinski definition) is 3.